The van der Waals surface area contributed by atoms with E-state index in [2.05, 4.69) is 20.5 Å². The van der Waals surface area contributed by atoms with E-state index in [1.54, 1.807) is 18.5 Å². The number of amides is 2. The van der Waals surface area contributed by atoms with Gasteiger partial charge in [-0.25, -0.2) is 0 Å². The van der Waals surface area contributed by atoms with Crippen LogP contribution in [0.2, 0.25) is 0 Å². The Hall–Kier alpha value is -3.35. The predicted octanol–water partition coefficient (Wildman–Crippen LogP) is 1.76. The molecule has 2 heterocycles. The molecule has 3 rings (SSSR count). The molecule has 0 unspecified atom stereocenters. The van der Waals surface area contributed by atoms with Crippen LogP contribution in [0.4, 0.5) is 5.69 Å². The van der Waals surface area contributed by atoms with Gasteiger partial charge in [0.25, 0.3) is 5.91 Å². The molecule has 7 heteroatoms. The van der Waals surface area contributed by atoms with E-state index in [1.165, 1.54) is 12.3 Å². The van der Waals surface area contributed by atoms with Gasteiger partial charge in [-0.3, -0.25) is 14.7 Å². The summed E-state index contributed by atoms with van der Waals surface area (Å²) in [6.45, 7) is 0. The minimum Gasteiger partial charge on any atom is -0.366 e. The van der Waals surface area contributed by atoms with E-state index in [-0.39, 0.29) is 17.2 Å². The Bertz CT molecular complexity index is 820. The van der Waals surface area contributed by atoms with Gasteiger partial charge in [-0.1, -0.05) is 18.2 Å². The molecule has 0 radical (unpaired) electrons. The summed E-state index contributed by atoms with van der Waals surface area (Å²) in [5.74, 6) is -0.947. The van der Waals surface area contributed by atoms with Gasteiger partial charge in [0.2, 0.25) is 5.91 Å². The first-order valence-electron chi connectivity index (χ1n) is 6.53. The first-order valence-corrected chi connectivity index (χ1v) is 6.53. The second-order valence-electron chi connectivity index (χ2n) is 4.65. The fourth-order valence-corrected chi connectivity index (χ4v) is 2.10. The van der Waals surface area contributed by atoms with Gasteiger partial charge in [-0.05, 0) is 12.1 Å². The number of nitrogens with zero attached hydrogens (tertiary/aromatic N) is 1. The van der Waals surface area contributed by atoms with Crippen LogP contribution >= 0.6 is 0 Å². The highest BCUT2D eigenvalue weighted by molar-refractivity contribution is 6.06. The van der Waals surface area contributed by atoms with Crippen LogP contribution in [0, 0.1) is 0 Å². The van der Waals surface area contributed by atoms with Gasteiger partial charge in [0.15, 0.2) is 0 Å². The number of H-pyrrole nitrogens is 2. The van der Waals surface area contributed by atoms with Crippen LogP contribution < -0.4 is 11.1 Å². The third-order valence-corrected chi connectivity index (χ3v) is 3.20. The minimum atomic E-state index is -0.589. The maximum absolute atomic E-state index is 12.3. The van der Waals surface area contributed by atoms with Crippen LogP contribution in [-0.2, 0) is 0 Å². The summed E-state index contributed by atoms with van der Waals surface area (Å²) in [6.07, 6.45) is 4.81. The van der Waals surface area contributed by atoms with Crippen molar-refractivity contribution in [2.45, 2.75) is 0 Å². The molecule has 0 aliphatic heterocycles. The number of para-hydroxylation sites is 1. The fourth-order valence-electron chi connectivity index (χ4n) is 2.10. The van der Waals surface area contributed by atoms with Crippen LogP contribution in [0.1, 0.15) is 20.8 Å². The SMILES string of the molecule is NC(=O)c1c[nH]c(C(=O)Nc2ccccc2-c2cn[nH]c2)c1. The van der Waals surface area contributed by atoms with Crippen molar-refractivity contribution in [1.29, 1.82) is 0 Å². The summed E-state index contributed by atoms with van der Waals surface area (Å²) in [6, 6.07) is 8.78. The molecule has 0 aliphatic rings. The number of anilines is 1. The van der Waals surface area contributed by atoms with Gasteiger partial charge in [0, 0.05) is 29.2 Å². The van der Waals surface area contributed by atoms with E-state index in [0.717, 1.165) is 11.1 Å². The number of carbonyl (C=O) groups is 2. The van der Waals surface area contributed by atoms with Gasteiger partial charge in [-0.15, -0.1) is 0 Å². The van der Waals surface area contributed by atoms with Crippen LogP contribution in [0.5, 0.6) is 0 Å². The van der Waals surface area contributed by atoms with Gasteiger partial charge in [-0.2, -0.15) is 5.10 Å². The van der Waals surface area contributed by atoms with Gasteiger partial charge >= 0.3 is 0 Å². The zero-order chi connectivity index (χ0) is 15.5. The van der Waals surface area contributed by atoms with Gasteiger partial charge in [0.1, 0.15) is 5.69 Å². The smallest absolute Gasteiger partial charge is 0.272 e. The Labute approximate surface area is 125 Å². The number of nitrogens with one attached hydrogen (secondary N) is 3. The molecule has 2 amide bonds. The van der Waals surface area contributed by atoms with Crippen LogP contribution in [0.15, 0.2) is 48.9 Å². The molecule has 22 heavy (non-hydrogen) atoms. The summed E-state index contributed by atoms with van der Waals surface area (Å²) in [5, 5.41) is 9.44. The highest BCUT2D eigenvalue weighted by atomic mass is 16.2. The number of aromatic amines is 2. The number of primary amides is 1. The molecule has 0 bridgehead atoms. The average Bonchev–Trinajstić information content (AvgIpc) is 3.19. The number of aromatic nitrogens is 3. The van der Waals surface area contributed by atoms with Crippen LogP contribution in [-0.4, -0.2) is 27.0 Å². The van der Waals surface area contributed by atoms with Crippen molar-refractivity contribution in [1.82, 2.24) is 15.2 Å². The molecule has 0 fully saturated rings. The molecule has 0 spiro atoms. The number of benzene rings is 1. The molecule has 7 nitrogen and oxygen atoms in total. The largest absolute Gasteiger partial charge is 0.366 e. The van der Waals surface area contributed by atoms with Crippen LogP contribution in [0.3, 0.4) is 0 Å². The first-order chi connectivity index (χ1) is 10.6. The minimum absolute atomic E-state index is 0.258. The topological polar surface area (TPSA) is 117 Å². The molecular weight excluding hydrogens is 282 g/mol. The molecule has 2 aromatic heterocycles. The summed E-state index contributed by atoms with van der Waals surface area (Å²) in [7, 11) is 0. The van der Waals surface area contributed by atoms with Gasteiger partial charge < -0.3 is 16.0 Å². The molecule has 0 aliphatic carbocycles. The monoisotopic (exact) mass is 295 g/mol. The summed E-state index contributed by atoms with van der Waals surface area (Å²) in [4.78, 5) is 26.0. The number of rotatable bonds is 4. The lowest BCUT2D eigenvalue weighted by Gasteiger charge is -2.08. The Morgan fingerprint density at radius 1 is 1.18 bits per heavy atom. The fraction of sp³-hybridized carbons (Fsp3) is 0. The van der Waals surface area contributed by atoms with E-state index < -0.39 is 5.91 Å². The van der Waals surface area contributed by atoms with Crippen molar-refractivity contribution in [2.75, 3.05) is 5.32 Å². The summed E-state index contributed by atoms with van der Waals surface area (Å²) in [5.41, 5.74) is 8.03. The molecule has 0 saturated heterocycles. The molecule has 110 valence electrons. The number of nitrogens with two attached hydrogens (primary N) is 1. The van der Waals surface area contributed by atoms with Crippen molar-refractivity contribution in [3.63, 3.8) is 0 Å². The molecule has 1 aromatic carbocycles. The quantitative estimate of drug-likeness (QED) is 0.587. The molecule has 0 atom stereocenters. The lowest BCUT2D eigenvalue weighted by molar-refractivity contribution is 0.0999. The standard InChI is InChI=1S/C15H13N5O2/c16-14(21)9-5-13(17-6-9)15(22)20-12-4-2-1-3-11(12)10-7-18-19-8-10/h1-8,17H,(H2,16,21)(H,18,19)(H,20,22). The van der Waals surface area contributed by atoms with Crippen molar-refractivity contribution < 1.29 is 9.59 Å². The predicted molar refractivity (Wildman–Crippen MR) is 81.3 cm³/mol. The zero-order valence-corrected chi connectivity index (χ0v) is 11.5. The van der Waals surface area contributed by atoms with Crippen LogP contribution in [0.25, 0.3) is 11.1 Å². The van der Waals surface area contributed by atoms with E-state index in [1.807, 2.05) is 18.2 Å². The van der Waals surface area contributed by atoms with Crippen molar-refractivity contribution >= 4 is 17.5 Å². The Morgan fingerprint density at radius 2 is 2.00 bits per heavy atom. The summed E-state index contributed by atoms with van der Waals surface area (Å²) < 4.78 is 0. The van der Waals surface area contributed by atoms with Crippen molar-refractivity contribution in [3.8, 4) is 11.1 Å². The third kappa shape index (κ3) is 2.59. The number of hydrogen-bond acceptors (Lipinski definition) is 3. The number of carbonyl (C=O) groups excluding carboxylic acids is 2. The molecule has 3 aromatic rings. The second kappa shape index (κ2) is 5.57. The Morgan fingerprint density at radius 3 is 2.68 bits per heavy atom. The molecule has 0 saturated carbocycles. The van der Waals surface area contributed by atoms with E-state index in [4.69, 9.17) is 5.73 Å². The normalized spacial score (nSPS) is 10.4. The highest BCUT2D eigenvalue weighted by Crippen LogP contribution is 2.27. The Balaban J connectivity index is 1.87. The third-order valence-electron chi connectivity index (χ3n) is 3.20. The van der Waals surface area contributed by atoms with E-state index >= 15 is 0 Å². The maximum Gasteiger partial charge on any atom is 0.272 e. The van der Waals surface area contributed by atoms with Crippen molar-refractivity contribution in [3.05, 3.63) is 60.2 Å². The van der Waals surface area contributed by atoms with Gasteiger partial charge in [0.05, 0.1) is 11.8 Å². The summed E-state index contributed by atoms with van der Waals surface area (Å²) >= 11 is 0. The molecular formula is C15H13N5O2. The zero-order valence-electron chi connectivity index (χ0n) is 11.5. The number of hydrogen-bond donors (Lipinski definition) is 4. The second-order valence-corrected chi connectivity index (χ2v) is 4.65. The highest BCUT2D eigenvalue weighted by Gasteiger charge is 2.13. The van der Waals surface area contributed by atoms with E-state index in [9.17, 15) is 9.59 Å². The first kappa shape index (κ1) is 13.6. The molecule has 5 N–H and O–H groups in total. The lowest BCUT2D eigenvalue weighted by atomic mass is 10.1. The van der Waals surface area contributed by atoms with E-state index in [0.29, 0.717) is 5.69 Å². The average molecular weight is 295 g/mol. The lowest BCUT2D eigenvalue weighted by Crippen LogP contribution is -2.13. The van der Waals surface area contributed by atoms with Crippen molar-refractivity contribution in [2.24, 2.45) is 5.73 Å². The maximum atomic E-state index is 12.3. The Kier molecular flexibility index (Phi) is 3.45.